The summed E-state index contributed by atoms with van der Waals surface area (Å²) in [6, 6.07) is 0. The van der Waals surface area contributed by atoms with E-state index < -0.39 is 0 Å². The summed E-state index contributed by atoms with van der Waals surface area (Å²) in [5, 5.41) is 0. The third-order valence-corrected chi connectivity index (χ3v) is 8.34. The van der Waals surface area contributed by atoms with Crippen molar-refractivity contribution in [2.75, 3.05) is 0 Å². The van der Waals surface area contributed by atoms with Gasteiger partial charge in [0.25, 0.3) is 0 Å². The number of hydrogen-bond acceptors (Lipinski definition) is 0. The topological polar surface area (TPSA) is 0 Å². The summed E-state index contributed by atoms with van der Waals surface area (Å²) in [5.74, 6) is 10.8. The van der Waals surface area contributed by atoms with Gasteiger partial charge >= 0.3 is 0 Å². The maximum absolute atomic E-state index is 4.37. The maximum Gasteiger partial charge on any atom is -0.0169 e. The highest BCUT2D eigenvalue weighted by Gasteiger charge is 2.77. The molecule has 6 rings (SSSR count). The highest BCUT2D eigenvalue weighted by molar-refractivity contribution is 5.33. The van der Waals surface area contributed by atoms with Crippen LogP contribution in [0.2, 0.25) is 0 Å². The van der Waals surface area contributed by atoms with Crippen LogP contribution in [0.4, 0.5) is 0 Å². The molecule has 0 radical (unpaired) electrons. The molecule has 6 saturated carbocycles. The first kappa shape index (κ1) is 9.39. The molecule has 0 aromatic carbocycles. The zero-order valence-corrected chi connectivity index (χ0v) is 11.0. The number of allylic oxidation sites excluding steroid dienone is 2. The van der Waals surface area contributed by atoms with Crippen molar-refractivity contribution < 1.29 is 0 Å². The molecule has 0 aromatic heterocycles. The Morgan fingerprint density at radius 2 is 1.06 bits per heavy atom. The van der Waals surface area contributed by atoms with Crippen LogP contribution < -0.4 is 0 Å². The van der Waals surface area contributed by atoms with E-state index in [0.717, 1.165) is 53.3 Å². The van der Waals surface area contributed by atoms with Gasteiger partial charge in [-0.1, -0.05) is 24.3 Å². The summed E-state index contributed by atoms with van der Waals surface area (Å²) >= 11 is 0. The van der Waals surface area contributed by atoms with E-state index in [1.807, 2.05) is 0 Å². The SMILES string of the molecule is C=C1CC2CC1C1C2C2C3C4CC(=C)C(C4)C3C12. The van der Waals surface area contributed by atoms with Gasteiger partial charge in [0.05, 0.1) is 0 Å². The predicted molar refractivity (Wildman–Crippen MR) is 71.6 cm³/mol. The van der Waals surface area contributed by atoms with Crippen molar-refractivity contribution in [2.24, 2.45) is 59.2 Å². The summed E-state index contributed by atoms with van der Waals surface area (Å²) in [4.78, 5) is 0. The van der Waals surface area contributed by atoms with Crippen molar-refractivity contribution in [3.05, 3.63) is 24.3 Å². The zero-order valence-electron chi connectivity index (χ0n) is 11.0. The molecular formula is C18H22. The molecule has 0 spiro atoms. The van der Waals surface area contributed by atoms with Crippen molar-refractivity contribution in [2.45, 2.75) is 25.7 Å². The molecule has 0 heteroatoms. The molecular weight excluding hydrogens is 216 g/mol. The molecule has 0 amide bonds. The van der Waals surface area contributed by atoms with Crippen molar-refractivity contribution in [3.63, 3.8) is 0 Å². The molecule has 0 N–H and O–H groups in total. The zero-order chi connectivity index (χ0) is 11.8. The average Bonchev–Trinajstić information content (AvgIpc) is 2.95. The van der Waals surface area contributed by atoms with Gasteiger partial charge in [0.2, 0.25) is 0 Å². The second-order valence-corrected chi connectivity index (χ2v) is 8.39. The molecule has 8 atom stereocenters. The fraction of sp³-hybridized carbons (Fsp3) is 0.778. The van der Waals surface area contributed by atoms with Crippen LogP contribution in [-0.2, 0) is 0 Å². The van der Waals surface area contributed by atoms with E-state index in [-0.39, 0.29) is 0 Å². The van der Waals surface area contributed by atoms with Gasteiger partial charge in [-0.25, -0.2) is 0 Å². The van der Waals surface area contributed by atoms with Gasteiger partial charge in [-0.3, -0.25) is 0 Å². The Hall–Kier alpha value is -0.520. The van der Waals surface area contributed by atoms with Gasteiger partial charge in [0, 0.05) is 0 Å². The number of rotatable bonds is 0. The van der Waals surface area contributed by atoms with E-state index in [1.54, 1.807) is 11.1 Å². The van der Waals surface area contributed by atoms with Crippen LogP contribution in [-0.4, -0.2) is 0 Å². The Labute approximate surface area is 110 Å². The second-order valence-electron chi connectivity index (χ2n) is 8.39. The van der Waals surface area contributed by atoms with E-state index in [2.05, 4.69) is 13.2 Å². The lowest BCUT2D eigenvalue weighted by Crippen LogP contribution is -2.67. The molecule has 6 aliphatic carbocycles. The second kappa shape index (κ2) is 2.53. The highest BCUT2D eigenvalue weighted by Crippen LogP contribution is 2.82. The first-order chi connectivity index (χ1) is 8.75. The van der Waals surface area contributed by atoms with E-state index >= 15 is 0 Å². The van der Waals surface area contributed by atoms with Crippen LogP contribution >= 0.6 is 0 Å². The fourth-order valence-electron chi connectivity index (χ4n) is 8.18. The first-order valence-corrected chi connectivity index (χ1v) is 8.11. The Morgan fingerprint density at radius 1 is 0.611 bits per heavy atom. The molecule has 6 fully saturated rings. The van der Waals surface area contributed by atoms with Gasteiger partial charge in [-0.05, 0) is 84.9 Å². The lowest BCUT2D eigenvalue weighted by atomic mass is 9.33. The van der Waals surface area contributed by atoms with E-state index in [1.165, 1.54) is 31.6 Å². The molecule has 0 saturated heterocycles. The third-order valence-electron chi connectivity index (χ3n) is 8.34. The van der Waals surface area contributed by atoms with Crippen LogP contribution in [0.5, 0.6) is 0 Å². The predicted octanol–water partition coefficient (Wildman–Crippen LogP) is 3.90. The normalized spacial score (nSPS) is 69.6. The van der Waals surface area contributed by atoms with Crippen molar-refractivity contribution in [3.8, 4) is 0 Å². The molecule has 0 aromatic rings. The average molecular weight is 238 g/mol. The maximum atomic E-state index is 4.37. The summed E-state index contributed by atoms with van der Waals surface area (Å²) in [6.45, 7) is 8.74. The summed E-state index contributed by atoms with van der Waals surface area (Å²) in [5.41, 5.74) is 3.26. The minimum Gasteiger partial charge on any atom is -0.0996 e. The molecule has 18 heavy (non-hydrogen) atoms. The lowest BCUT2D eigenvalue weighted by molar-refractivity contribution is -0.226. The number of fused-ring (bicyclic) bond motifs is 15. The summed E-state index contributed by atoms with van der Waals surface area (Å²) in [7, 11) is 0. The van der Waals surface area contributed by atoms with E-state index in [9.17, 15) is 0 Å². The Morgan fingerprint density at radius 3 is 1.56 bits per heavy atom. The van der Waals surface area contributed by atoms with Gasteiger partial charge in [0.1, 0.15) is 0 Å². The Kier molecular flexibility index (Phi) is 1.32. The van der Waals surface area contributed by atoms with Gasteiger partial charge in [0.15, 0.2) is 0 Å². The fourth-order valence-corrected chi connectivity index (χ4v) is 8.18. The molecule has 0 aliphatic heterocycles. The first-order valence-electron chi connectivity index (χ1n) is 8.11. The Bertz CT molecular complexity index is 456. The molecule has 8 unspecified atom stereocenters. The molecule has 94 valence electrons. The van der Waals surface area contributed by atoms with E-state index in [0.29, 0.717) is 0 Å². The van der Waals surface area contributed by atoms with E-state index in [4.69, 9.17) is 0 Å². The summed E-state index contributed by atoms with van der Waals surface area (Å²) < 4.78 is 0. The van der Waals surface area contributed by atoms with Crippen LogP contribution in [0.3, 0.4) is 0 Å². The molecule has 4 bridgehead atoms. The summed E-state index contributed by atoms with van der Waals surface area (Å²) in [6.07, 6.45) is 5.84. The van der Waals surface area contributed by atoms with Crippen molar-refractivity contribution >= 4 is 0 Å². The van der Waals surface area contributed by atoms with Gasteiger partial charge in [-0.15, -0.1) is 0 Å². The largest absolute Gasteiger partial charge is 0.0996 e. The Balaban J connectivity index is 1.41. The van der Waals surface area contributed by atoms with Crippen LogP contribution in [0, 0.1) is 59.2 Å². The number of hydrogen-bond donors (Lipinski definition) is 0. The third kappa shape index (κ3) is 0.713. The minimum absolute atomic E-state index is 0.953. The highest BCUT2D eigenvalue weighted by atomic mass is 14.8. The van der Waals surface area contributed by atoms with Crippen LogP contribution in [0.15, 0.2) is 24.3 Å². The quantitative estimate of drug-likeness (QED) is 0.561. The van der Waals surface area contributed by atoms with Crippen LogP contribution in [0.25, 0.3) is 0 Å². The van der Waals surface area contributed by atoms with Crippen molar-refractivity contribution in [1.82, 2.24) is 0 Å². The smallest absolute Gasteiger partial charge is 0.0169 e. The standard InChI is InChI=1S/C18H22/c1-7-3-9-5-11(7)15-13(9)17-14-10-4-8(2)12(6-10)16(14)18(15)17/h9-18H,1-6H2. The molecule has 0 nitrogen and oxygen atoms in total. The van der Waals surface area contributed by atoms with Crippen molar-refractivity contribution in [1.29, 1.82) is 0 Å². The van der Waals surface area contributed by atoms with Gasteiger partial charge < -0.3 is 0 Å². The molecule has 0 heterocycles. The molecule has 6 aliphatic rings. The minimum atomic E-state index is 0.953. The van der Waals surface area contributed by atoms with Crippen LogP contribution in [0.1, 0.15) is 25.7 Å². The lowest BCUT2D eigenvalue weighted by Gasteiger charge is -2.71. The van der Waals surface area contributed by atoms with Gasteiger partial charge in [-0.2, -0.15) is 0 Å². The monoisotopic (exact) mass is 238 g/mol.